The molecule has 0 radical (unpaired) electrons. The molecule has 0 aliphatic rings. The van der Waals surface area contributed by atoms with E-state index in [2.05, 4.69) is 13.8 Å². The molecule has 2 nitrogen and oxygen atoms in total. The summed E-state index contributed by atoms with van der Waals surface area (Å²) in [5, 5.41) is 0. The zero-order valence-electron chi connectivity index (χ0n) is 9.76. The number of hydrogen-bond acceptors (Lipinski definition) is 2. The van der Waals surface area contributed by atoms with Gasteiger partial charge in [0.25, 0.3) is 0 Å². The number of nitrogen functional groups attached to an aromatic ring is 1. The molecule has 2 N–H and O–H groups in total. The van der Waals surface area contributed by atoms with Gasteiger partial charge in [-0.3, -0.25) is 4.79 Å². The van der Waals surface area contributed by atoms with Gasteiger partial charge in [0.15, 0.2) is 5.78 Å². The van der Waals surface area contributed by atoms with Gasteiger partial charge >= 0.3 is 0 Å². The molecule has 1 rings (SSSR count). The van der Waals surface area contributed by atoms with Crippen molar-refractivity contribution in [3.8, 4) is 0 Å². The minimum absolute atomic E-state index is 0.129. The van der Waals surface area contributed by atoms with Crippen molar-refractivity contribution in [1.82, 2.24) is 0 Å². The Kier molecular flexibility index (Phi) is 3.89. The van der Waals surface area contributed by atoms with Gasteiger partial charge in [0, 0.05) is 17.7 Å². The maximum absolute atomic E-state index is 11.6. The monoisotopic (exact) mass is 205 g/mol. The van der Waals surface area contributed by atoms with Gasteiger partial charge in [-0.15, -0.1) is 0 Å². The fraction of sp³-hybridized carbons (Fsp3) is 0.462. The van der Waals surface area contributed by atoms with E-state index in [1.54, 1.807) is 0 Å². The van der Waals surface area contributed by atoms with Gasteiger partial charge in [0.05, 0.1) is 0 Å². The number of carbonyl (C=O) groups is 1. The first-order chi connectivity index (χ1) is 7.13. The quantitative estimate of drug-likeness (QED) is 0.606. The summed E-state index contributed by atoms with van der Waals surface area (Å²) in [4.78, 5) is 11.6. The second-order valence-corrected chi connectivity index (χ2v) is 3.69. The van der Waals surface area contributed by atoms with E-state index in [0.29, 0.717) is 17.7 Å². The third-order valence-corrected chi connectivity index (χ3v) is 2.76. The number of nitrogens with two attached hydrogens (primary N) is 1. The van der Waals surface area contributed by atoms with Gasteiger partial charge in [-0.25, -0.2) is 0 Å². The number of rotatable bonds is 4. The summed E-state index contributed by atoms with van der Waals surface area (Å²) >= 11 is 0. The molecule has 0 heterocycles. The highest BCUT2D eigenvalue weighted by Gasteiger charge is 2.10. The minimum Gasteiger partial charge on any atom is -0.398 e. The fourth-order valence-electron chi connectivity index (χ4n) is 1.80. The number of Topliss-reactive ketones (excluding diaryl/α,β-unsaturated/α-hetero) is 1. The van der Waals surface area contributed by atoms with Crippen molar-refractivity contribution in [3.63, 3.8) is 0 Å². The molecule has 1 aromatic carbocycles. The van der Waals surface area contributed by atoms with Crippen LogP contribution in [0.4, 0.5) is 5.69 Å². The molecule has 0 saturated carbocycles. The van der Waals surface area contributed by atoms with E-state index in [9.17, 15) is 4.79 Å². The lowest BCUT2D eigenvalue weighted by Crippen LogP contribution is -2.05. The van der Waals surface area contributed by atoms with Crippen molar-refractivity contribution in [3.05, 3.63) is 28.8 Å². The molecule has 0 fully saturated rings. The molecule has 0 atom stereocenters. The van der Waals surface area contributed by atoms with E-state index in [1.165, 1.54) is 11.1 Å². The Labute approximate surface area is 91.5 Å². The Morgan fingerprint density at radius 3 is 2.13 bits per heavy atom. The van der Waals surface area contributed by atoms with Gasteiger partial charge in [0.1, 0.15) is 0 Å². The van der Waals surface area contributed by atoms with E-state index in [4.69, 9.17) is 5.73 Å². The Morgan fingerprint density at radius 1 is 1.13 bits per heavy atom. The van der Waals surface area contributed by atoms with E-state index in [0.717, 1.165) is 12.8 Å². The van der Waals surface area contributed by atoms with Crippen molar-refractivity contribution in [1.29, 1.82) is 0 Å². The number of ketones is 1. The topological polar surface area (TPSA) is 43.1 Å². The van der Waals surface area contributed by atoms with Crippen LogP contribution < -0.4 is 5.73 Å². The molecule has 0 amide bonds. The van der Waals surface area contributed by atoms with Gasteiger partial charge in [-0.05, 0) is 36.1 Å². The summed E-state index contributed by atoms with van der Waals surface area (Å²) in [6, 6.07) is 3.90. The highest BCUT2D eigenvalue weighted by Crippen LogP contribution is 2.21. The summed E-state index contributed by atoms with van der Waals surface area (Å²) in [7, 11) is 0. The highest BCUT2D eigenvalue weighted by molar-refractivity contribution is 6.00. The number of anilines is 1. The van der Waals surface area contributed by atoms with Crippen LogP contribution in [0.3, 0.4) is 0 Å². The smallest absolute Gasteiger partial charge is 0.164 e. The molecular formula is C13H19NO. The first-order valence-electron chi connectivity index (χ1n) is 5.58. The zero-order valence-corrected chi connectivity index (χ0v) is 9.76. The highest BCUT2D eigenvalue weighted by atomic mass is 16.1. The molecule has 2 heteroatoms. The van der Waals surface area contributed by atoms with Crippen LogP contribution >= 0.6 is 0 Å². The van der Waals surface area contributed by atoms with Crippen LogP contribution in [0.2, 0.25) is 0 Å². The van der Waals surface area contributed by atoms with Crippen LogP contribution in [0, 0.1) is 0 Å². The molecule has 0 aliphatic heterocycles. The molecule has 15 heavy (non-hydrogen) atoms. The van der Waals surface area contributed by atoms with Crippen LogP contribution in [0.5, 0.6) is 0 Å². The third-order valence-electron chi connectivity index (χ3n) is 2.76. The molecular weight excluding hydrogens is 186 g/mol. The molecule has 82 valence electrons. The fourth-order valence-corrected chi connectivity index (χ4v) is 1.80. The van der Waals surface area contributed by atoms with Crippen LogP contribution in [0.25, 0.3) is 0 Å². The number of hydrogen-bond donors (Lipinski definition) is 1. The number of aryl methyl sites for hydroxylation is 2. The van der Waals surface area contributed by atoms with Crippen LogP contribution in [0.1, 0.15) is 48.7 Å². The Hall–Kier alpha value is -1.31. The van der Waals surface area contributed by atoms with Crippen molar-refractivity contribution < 1.29 is 4.79 Å². The maximum atomic E-state index is 11.6. The predicted octanol–water partition coefficient (Wildman–Crippen LogP) is 2.99. The summed E-state index contributed by atoms with van der Waals surface area (Å²) in [5.41, 5.74) is 9.68. The van der Waals surface area contributed by atoms with E-state index < -0.39 is 0 Å². The molecule has 0 bridgehead atoms. The largest absolute Gasteiger partial charge is 0.398 e. The van der Waals surface area contributed by atoms with Gasteiger partial charge in [-0.2, -0.15) is 0 Å². The molecule has 1 aromatic rings. The van der Waals surface area contributed by atoms with Gasteiger partial charge in [0.2, 0.25) is 0 Å². The van der Waals surface area contributed by atoms with Crippen molar-refractivity contribution in [2.45, 2.75) is 40.0 Å². The average Bonchev–Trinajstić information content (AvgIpc) is 2.27. The third kappa shape index (κ3) is 2.38. The summed E-state index contributed by atoms with van der Waals surface area (Å²) < 4.78 is 0. The molecule has 0 saturated heterocycles. The van der Waals surface area contributed by atoms with E-state index >= 15 is 0 Å². The van der Waals surface area contributed by atoms with Gasteiger partial charge < -0.3 is 5.73 Å². The first kappa shape index (κ1) is 11.8. The summed E-state index contributed by atoms with van der Waals surface area (Å²) in [5.74, 6) is 0.129. The van der Waals surface area contributed by atoms with Crippen LogP contribution in [0.15, 0.2) is 12.1 Å². The van der Waals surface area contributed by atoms with E-state index in [1.807, 2.05) is 19.1 Å². The average molecular weight is 205 g/mol. The normalized spacial score (nSPS) is 10.3. The van der Waals surface area contributed by atoms with Crippen molar-refractivity contribution >= 4 is 11.5 Å². The Balaban J connectivity index is 3.25. The second-order valence-electron chi connectivity index (χ2n) is 3.69. The number of benzene rings is 1. The first-order valence-corrected chi connectivity index (χ1v) is 5.58. The van der Waals surface area contributed by atoms with Gasteiger partial charge in [-0.1, -0.05) is 20.8 Å². The number of carbonyl (C=O) groups excluding carboxylic acids is 1. The summed E-state index contributed by atoms with van der Waals surface area (Å²) in [6.45, 7) is 6.07. The molecule has 0 unspecified atom stereocenters. The predicted molar refractivity (Wildman–Crippen MR) is 64.2 cm³/mol. The lowest BCUT2D eigenvalue weighted by Gasteiger charge is -2.11. The van der Waals surface area contributed by atoms with E-state index in [-0.39, 0.29) is 5.78 Å². The molecule has 0 aliphatic carbocycles. The lowest BCUT2D eigenvalue weighted by molar-refractivity contribution is 0.0989. The van der Waals surface area contributed by atoms with Crippen LogP contribution in [-0.2, 0) is 12.8 Å². The Bertz CT molecular complexity index is 369. The van der Waals surface area contributed by atoms with Crippen molar-refractivity contribution in [2.24, 2.45) is 0 Å². The van der Waals surface area contributed by atoms with Crippen LogP contribution in [-0.4, -0.2) is 5.78 Å². The summed E-state index contributed by atoms with van der Waals surface area (Å²) in [6.07, 6.45) is 2.43. The lowest BCUT2D eigenvalue weighted by atomic mass is 9.96. The standard InChI is InChI=1S/C13H19NO/c1-4-9-7-11(13(15)6-3)12(14)8-10(9)5-2/h7-8H,4-6,14H2,1-3H3. The zero-order chi connectivity index (χ0) is 11.4. The minimum atomic E-state index is 0.129. The second kappa shape index (κ2) is 4.96. The Morgan fingerprint density at radius 2 is 1.67 bits per heavy atom. The molecule has 0 aromatic heterocycles. The molecule has 0 spiro atoms. The van der Waals surface area contributed by atoms with Crippen molar-refractivity contribution in [2.75, 3.05) is 5.73 Å². The SMILES string of the molecule is CCC(=O)c1cc(CC)c(CC)cc1N. The maximum Gasteiger partial charge on any atom is 0.164 e.